The van der Waals surface area contributed by atoms with Gasteiger partial charge in [0, 0.05) is 13.0 Å². The van der Waals surface area contributed by atoms with Crippen LogP contribution in [0.25, 0.3) is 0 Å². The molecule has 0 bridgehead atoms. The minimum atomic E-state index is 0.0928. The summed E-state index contributed by atoms with van der Waals surface area (Å²) in [6.07, 6.45) is 2.94. The molecule has 1 N–H and O–H groups in total. The lowest BCUT2D eigenvalue weighted by Gasteiger charge is -2.20. The van der Waals surface area contributed by atoms with Crippen LogP contribution in [0.15, 0.2) is 11.1 Å². The minimum absolute atomic E-state index is 0.0928. The Morgan fingerprint density at radius 1 is 1.47 bits per heavy atom. The molecule has 0 amide bonds. The Kier molecular flexibility index (Phi) is 2.32. The maximum Gasteiger partial charge on any atom is 0.159 e. The van der Waals surface area contributed by atoms with E-state index in [9.17, 15) is 9.90 Å². The average molecular weight is 234 g/mol. The molecule has 2 nitrogen and oxygen atoms in total. The van der Waals surface area contributed by atoms with E-state index >= 15 is 0 Å². The van der Waals surface area contributed by atoms with Gasteiger partial charge in [-0.1, -0.05) is 19.4 Å². The van der Waals surface area contributed by atoms with E-state index in [0.29, 0.717) is 29.5 Å². The first-order valence-corrected chi connectivity index (χ1v) is 6.84. The monoisotopic (exact) mass is 234 g/mol. The van der Waals surface area contributed by atoms with Crippen LogP contribution in [0.3, 0.4) is 0 Å². The normalized spacial score (nSPS) is 48.8. The van der Waals surface area contributed by atoms with Crippen molar-refractivity contribution in [3.63, 3.8) is 0 Å². The molecule has 5 atom stereocenters. The summed E-state index contributed by atoms with van der Waals surface area (Å²) in [6.45, 7) is 6.84. The lowest BCUT2D eigenvalue weighted by Crippen LogP contribution is -2.17. The molecule has 0 aliphatic heterocycles. The molecule has 0 spiro atoms. The summed E-state index contributed by atoms with van der Waals surface area (Å²) in [5.41, 5.74) is 2.56. The summed E-state index contributed by atoms with van der Waals surface area (Å²) >= 11 is 0. The van der Waals surface area contributed by atoms with Gasteiger partial charge < -0.3 is 5.11 Å². The SMILES string of the molecule is CC1=C2C(=O)CC(C)C2C2C(CC1)C2(C)CO. The summed E-state index contributed by atoms with van der Waals surface area (Å²) in [7, 11) is 0. The number of aliphatic hydroxyl groups is 1. The van der Waals surface area contributed by atoms with Gasteiger partial charge in [-0.15, -0.1) is 0 Å². The number of hydrogen-bond donors (Lipinski definition) is 1. The highest BCUT2D eigenvalue weighted by molar-refractivity contribution is 5.99. The molecule has 0 heterocycles. The van der Waals surface area contributed by atoms with E-state index in [-0.39, 0.29) is 12.0 Å². The van der Waals surface area contributed by atoms with Crippen LogP contribution < -0.4 is 0 Å². The van der Waals surface area contributed by atoms with E-state index in [2.05, 4.69) is 20.8 Å². The highest BCUT2D eigenvalue weighted by atomic mass is 16.3. The van der Waals surface area contributed by atoms with Crippen molar-refractivity contribution >= 4 is 5.78 Å². The number of ketones is 1. The van der Waals surface area contributed by atoms with Crippen LogP contribution in [0, 0.1) is 29.1 Å². The number of hydrogen-bond acceptors (Lipinski definition) is 2. The number of fused-ring (bicyclic) bond motifs is 3. The molecule has 0 saturated heterocycles. The summed E-state index contributed by atoms with van der Waals surface area (Å²) in [4.78, 5) is 12.1. The molecule has 2 heteroatoms. The molecule has 17 heavy (non-hydrogen) atoms. The topological polar surface area (TPSA) is 37.3 Å². The standard InChI is InChI=1S/C15H22O2/c1-8-4-5-10-14(15(10,3)7-16)13-9(2)6-11(17)12(8)13/h9-10,13-14,16H,4-7H2,1-3H3. The average Bonchev–Trinajstić information content (AvgIpc) is 2.81. The van der Waals surface area contributed by atoms with Gasteiger partial charge in [0.1, 0.15) is 0 Å². The second-order valence-electron chi connectivity index (χ2n) is 6.66. The molecule has 3 aliphatic rings. The van der Waals surface area contributed by atoms with Crippen molar-refractivity contribution in [2.24, 2.45) is 29.1 Å². The van der Waals surface area contributed by atoms with Crippen LogP contribution in [0.2, 0.25) is 0 Å². The third kappa shape index (κ3) is 1.33. The van der Waals surface area contributed by atoms with E-state index in [4.69, 9.17) is 0 Å². The van der Waals surface area contributed by atoms with Gasteiger partial charge in [-0.05, 0) is 54.4 Å². The second kappa shape index (κ2) is 3.44. The van der Waals surface area contributed by atoms with E-state index in [1.54, 1.807) is 0 Å². The zero-order chi connectivity index (χ0) is 12.4. The van der Waals surface area contributed by atoms with Gasteiger partial charge in [-0.2, -0.15) is 0 Å². The zero-order valence-electron chi connectivity index (χ0n) is 11.0. The van der Waals surface area contributed by atoms with Gasteiger partial charge in [-0.25, -0.2) is 0 Å². The quantitative estimate of drug-likeness (QED) is 0.757. The molecule has 3 rings (SSSR count). The minimum Gasteiger partial charge on any atom is -0.396 e. The van der Waals surface area contributed by atoms with Crippen LogP contribution in [0.1, 0.15) is 40.0 Å². The van der Waals surface area contributed by atoms with Crippen molar-refractivity contribution in [2.45, 2.75) is 40.0 Å². The molecule has 0 aromatic carbocycles. The Balaban J connectivity index is 2.03. The van der Waals surface area contributed by atoms with E-state index in [1.165, 1.54) is 5.57 Å². The van der Waals surface area contributed by atoms with E-state index in [0.717, 1.165) is 24.8 Å². The Bertz CT molecular complexity index is 409. The second-order valence-corrected chi connectivity index (χ2v) is 6.66. The van der Waals surface area contributed by atoms with Gasteiger partial charge in [0.2, 0.25) is 0 Å². The van der Waals surface area contributed by atoms with E-state index < -0.39 is 0 Å². The number of allylic oxidation sites excluding steroid dienone is 2. The fourth-order valence-electron chi connectivity index (χ4n) is 4.65. The summed E-state index contributed by atoms with van der Waals surface area (Å²) in [6, 6.07) is 0. The Morgan fingerprint density at radius 2 is 2.18 bits per heavy atom. The first-order chi connectivity index (χ1) is 8.00. The van der Waals surface area contributed by atoms with Crippen molar-refractivity contribution in [2.75, 3.05) is 6.61 Å². The number of rotatable bonds is 1. The first kappa shape index (κ1) is 11.5. The molecule has 94 valence electrons. The van der Waals surface area contributed by atoms with Crippen LogP contribution in [-0.4, -0.2) is 17.5 Å². The molecule has 2 fully saturated rings. The van der Waals surface area contributed by atoms with Crippen LogP contribution in [0.4, 0.5) is 0 Å². The van der Waals surface area contributed by atoms with Crippen molar-refractivity contribution in [1.82, 2.24) is 0 Å². The molecule has 0 aromatic heterocycles. The van der Waals surface area contributed by atoms with Crippen molar-refractivity contribution in [3.8, 4) is 0 Å². The Hall–Kier alpha value is -0.630. The predicted octanol–water partition coefficient (Wildman–Crippen LogP) is 2.57. The lowest BCUT2D eigenvalue weighted by atomic mass is 9.84. The highest BCUT2D eigenvalue weighted by Crippen LogP contribution is 2.69. The molecule has 0 radical (unpaired) electrons. The fraction of sp³-hybridized carbons (Fsp3) is 0.800. The Labute approximate surface area is 103 Å². The lowest BCUT2D eigenvalue weighted by molar-refractivity contribution is -0.114. The highest BCUT2D eigenvalue weighted by Gasteiger charge is 2.66. The van der Waals surface area contributed by atoms with Gasteiger partial charge in [0.05, 0.1) is 0 Å². The fourth-order valence-corrected chi connectivity index (χ4v) is 4.65. The van der Waals surface area contributed by atoms with Gasteiger partial charge >= 0.3 is 0 Å². The van der Waals surface area contributed by atoms with Crippen molar-refractivity contribution in [3.05, 3.63) is 11.1 Å². The maximum absolute atomic E-state index is 12.1. The van der Waals surface area contributed by atoms with Crippen molar-refractivity contribution < 1.29 is 9.90 Å². The third-order valence-electron chi connectivity index (χ3n) is 5.70. The molecule has 2 saturated carbocycles. The first-order valence-electron chi connectivity index (χ1n) is 6.84. The van der Waals surface area contributed by atoms with Crippen LogP contribution >= 0.6 is 0 Å². The molecule has 5 unspecified atom stereocenters. The van der Waals surface area contributed by atoms with Crippen LogP contribution in [-0.2, 0) is 4.79 Å². The summed E-state index contributed by atoms with van der Waals surface area (Å²) in [5, 5.41) is 9.62. The summed E-state index contributed by atoms with van der Waals surface area (Å²) in [5.74, 6) is 2.49. The molecular weight excluding hydrogens is 212 g/mol. The number of carbonyl (C=O) groups is 1. The summed E-state index contributed by atoms with van der Waals surface area (Å²) < 4.78 is 0. The largest absolute Gasteiger partial charge is 0.396 e. The van der Waals surface area contributed by atoms with Gasteiger partial charge in [0.25, 0.3) is 0 Å². The predicted molar refractivity (Wildman–Crippen MR) is 66.4 cm³/mol. The van der Waals surface area contributed by atoms with Crippen LogP contribution in [0.5, 0.6) is 0 Å². The van der Waals surface area contributed by atoms with Crippen molar-refractivity contribution in [1.29, 1.82) is 0 Å². The zero-order valence-corrected chi connectivity index (χ0v) is 11.0. The number of aliphatic hydroxyl groups excluding tert-OH is 1. The number of Topliss-reactive ketones (excluding diaryl/α,β-unsaturated/α-hetero) is 1. The molecular formula is C15H22O2. The maximum atomic E-state index is 12.1. The molecule has 3 aliphatic carbocycles. The van der Waals surface area contributed by atoms with E-state index in [1.807, 2.05) is 0 Å². The van der Waals surface area contributed by atoms with Gasteiger partial charge in [0.15, 0.2) is 5.78 Å². The third-order valence-corrected chi connectivity index (χ3v) is 5.70. The smallest absolute Gasteiger partial charge is 0.159 e. The van der Waals surface area contributed by atoms with Gasteiger partial charge in [-0.3, -0.25) is 4.79 Å². The molecule has 0 aromatic rings. The Morgan fingerprint density at radius 3 is 2.82 bits per heavy atom. The number of carbonyl (C=O) groups excluding carboxylic acids is 1.